The first-order chi connectivity index (χ1) is 7.74. The molecule has 90 valence electrons. The third-order valence-corrected chi connectivity index (χ3v) is 2.96. The Kier molecular flexibility index (Phi) is 6.69. The highest BCUT2D eigenvalue weighted by atomic mass is 79.9. The van der Waals surface area contributed by atoms with Gasteiger partial charge in [0, 0.05) is 23.7 Å². The molecule has 1 rings (SSSR count). The number of rotatable bonds is 7. The standard InChI is InChI=1S/C13H20BrNO/c1-3-16-9-5-8-15-11(2)12-6-4-7-13(14)10-12/h4,6-7,10-11,15H,3,5,8-9H2,1-2H3/t11-/m1/s1. The number of nitrogens with one attached hydrogen (secondary N) is 1. The van der Waals surface area contributed by atoms with Crippen LogP contribution >= 0.6 is 15.9 Å². The van der Waals surface area contributed by atoms with Gasteiger partial charge in [-0.2, -0.15) is 0 Å². The Morgan fingerprint density at radius 2 is 2.25 bits per heavy atom. The van der Waals surface area contributed by atoms with Crippen molar-refractivity contribution in [2.24, 2.45) is 0 Å². The van der Waals surface area contributed by atoms with Crippen LogP contribution in [-0.4, -0.2) is 19.8 Å². The fourth-order valence-electron chi connectivity index (χ4n) is 1.53. The minimum Gasteiger partial charge on any atom is -0.382 e. The summed E-state index contributed by atoms with van der Waals surface area (Å²) < 4.78 is 6.43. The highest BCUT2D eigenvalue weighted by Crippen LogP contribution is 2.17. The number of halogens is 1. The van der Waals surface area contributed by atoms with Crippen LogP contribution < -0.4 is 5.32 Å². The van der Waals surface area contributed by atoms with Crippen molar-refractivity contribution in [3.05, 3.63) is 34.3 Å². The molecule has 0 aromatic heterocycles. The van der Waals surface area contributed by atoms with E-state index in [1.165, 1.54) is 5.56 Å². The largest absolute Gasteiger partial charge is 0.382 e. The van der Waals surface area contributed by atoms with E-state index in [0.29, 0.717) is 6.04 Å². The van der Waals surface area contributed by atoms with E-state index in [0.717, 1.165) is 30.7 Å². The van der Waals surface area contributed by atoms with Crippen LogP contribution in [0, 0.1) is 0 Å². The molecule has 0 spiro atoms. The molecular formula is C13H20BrNO. The summed E-state index contributed by atoms with van der Waals surface area (Å²) in [7, 11) is 0. The van der Waals surface area contributed by atoms with Crippen LogP contribution in [-0.2, 0) is 4.74 Å². The molecule has 0 saturated carbocycles. The fraction of sp³-hybridized carbons (Fsp3) is 0.538. The molecule has 0 aliphatic carbocycles. The van der Waals surface area contributed by atoms with Gasteiger partial charge in [-0.05, 0) is 44.5 Å². The van der Waals surface area contributed by atoms with Gasteiger partial charge in [0.2, 0.25) is 0 Å². The molecule has 0 heterocycles. The lowest BCUT2D eigenvalue weighted by Gasteiger charge is -2.14. The summed E-state index contributed by atoms with van der Waals surface area (Å²) in [5.41, 5.74) is 1.31. The zero-order valence-electron chi connectivity index (χ0n) is 10.0. The maximum Gasteiger partial charge on any atom is 0.0477 e. The molecule has 1 aromatic rings. The summed E-state index contributed by atoms with van der Waals surface area (Å²) >= 11 is 3.49. The van der Waals surface area contributed by atoms with Gasteiger partial charge in [0.25, 0.3) is 0 Å². The minimum absolute atomic E-state index is 0.388. The summed E-state index contributed by atoms with van der Waals surface area (Å²) in [4.78, 5) is 0. The van der Waals surface area contributed by atoms with E-state index >= 15 is 0 Å². The normalized spacial score (nSPS) is 12.7. The van der Waals surface area contributed by atoms with Crippen molar-refractivity contribution < 1.29 is 4.74 Å². The Morgan fingerprint density at radius 1 is 1.44 bits per heavy atom. The van der Waals surface area contributed by atoms with Gasteiger partial charge < -0.3 is 10.1 Å². The number of hydrogen-bond acceptors (Lipinski definition) is 2. The Morgan fingerprint density at radius 3 is 2.94 bits per heavy atom. The third kappa shape index (κ3) is 5.10. The second kappa shape index (κ2) is 7.82. The molecular weight excluding hydrogens is 266 g/mol. The molecule has 3 heteroatoms. The molecule has 0 aliphatic rings. The van der Waals surface area contributed by atoms with E-state index in [-0.39, 0.29) is 0 Å². The lowest BCUT2D eigenvalue weighted by atomic mass is 10.1. The fourth-order valence-corrected chi connectivity index (χ4v) is 1.95. The molecule has 0 aliphatic heterocycles. The highest BCUT2D eigenvalue weighted by molar-refractivity contribution is 9.10. The van der Waals surface area contributed by atoms with Crippen LogP contribution in [0.25, 0.3) is 0 Å². The minimum atomic E-state index is 0.388. The quantitative estimate of drug-likeness (QED) is 0.774. The van der Waals surface area contributed by atoms with Crippen molar-refractivity contribution in [1.29, 1.82) is 0 Å². The second-order valence-corrected chi connectivity index (χ2v) is 4.70. The molecule has 1 aromatic carbocycles. The summed E-state index contributed by atoms with van der Waals surface area (Å²) in [6, 6.07) is 8.80. The first-order valence-electron chi connectivity index (χ1n) is 5.80. The smallest absolute Gasteiger partial charge is 0.0477 e. The van der Waals surface area contributed by atoms with Crippen molar-refractivity contribution >= 4 is 15.9 Å². The van der Waals surface area contributed by atoms with E-state index in [9.17, 15) is 0 Å². The van der Waals surface area contributed by atoms with Gasteiger partial charge in [-0.3, -0.25) is 0 Å². The third-order valence-electron chi connectivity index (χ3n) is 2.47. The number of ether oxygens (including phenoxy) is 1. The second-order valence-electron chi connectivity index (χ2n) is 3.78. The number of hydrogen-bond donors (Lipinski definition) is 1. The van der Waals surface area contributed by atoms with Crippen LogP contribution in [0.1, 0.15) is 31.9 Å². The zero-order chi connectivity index (χ0) is 11.8. The molecule has 0 fully saturated rings. The summed E-state index contributed by atoms with van der Waals surface area (Å²) in [5, 5.41) is 3.48. The molecule has 1 atom stereocenters. The van der Waals surface area contributed by atoms with Gasteiger partial charge in [0.15, 0.2) is 0 Å². The van der Waals surface area contributed by atoms with E-state index in [1.807, 2.05) is 13.0 Å². The van der Waals surface area contributed by atoms with Crippen molar-refractivity contribution in [2.45, 2.75) is 26.3 Å². The molecule has 16 heavy (non-hydrogen) atoms. The predicted molar refractivity (Wildman–Crippen MR) is 71.7 cm³/mol. The van der Waals surface area contributed by atoms with E-state index in [4.69, 9.17) is 4.74 Å². The average Bonchev–Trinajstić information content (AvgIpc) is 2.28. The van der Waals surface area contributed by atoms with Crippen molar-refractivity contribution in [3.8, 4) is 0 Å². The van der Waals surface area contributed by atoms with Crippen LogP contribution in [0.15, 0.2) is 28.7 Å². The van der Waals surface area contributed by atoms with E-state index in [2.05, 4.69) is 46.4 Å². The molecule has 0 amide bonds. The first kappa shape index (κ1) is 13.7. The highest BCUT2D eigenvalue weighted by Gasteiger charge is 2.03. The van der Waals surface area contributed by atoms with E-state index in [1.54, 1.807) is 0 Å². The molecule has 0 unspecified atom stereocenters. The molecule has 2 nitrogen and oxygen atoms in total. The molecule has 1 N–H and O–H groups in total. The maximum absolute atomic E-state index is 5.29. The SMILES string of the molecule is CCOCCCN[C@H](C)c1cccc(Br)c1. The lowest BCUT2D eigenvalue weighted by Crippen LogP contribution is -2.20. The van der Waals surface area contributed by atoms with Crippen molar-refractivity contribution in [1.82, 2.24) is 5.32 Å². The van der Waals surface area contributed by atoms with Gasteiger partial charge in [-0.25, -0.2) is 0 Å². The molecule has 0 bridgehead atoms. The first-order valence-corrected chi connectivity index (χ1v) is 6.60. The van der Waals surface area contributed by atoms with Crippen LogP contribution in [0.5, 0.6) is 0 Å². The molecule has 0 saturated heterocycles. The van der Waals surface area contributed by atoms with Gasteiger partial charge >= 0.3 is 0 Å². The van der Waals surface area contributed by atoms with Crippen molar-refractivity contribution in [2.75, 3.05) is 19.8 Å². The average molecular weight is 286 g/mol. The maximum atomic E-state index is 5.29. The van der Waals surface area contributed by atoms with Crippen LogP contribution in [0.3, 0.4) is 0 Å². The summed E-state index contributed by atoms with van der Waals surface area (Å²) in [6.45, 7) is 6.85. The van der Waals surface area contributed by atoms with Gasteiger partial charge in [0.05, 0.1) is 0 Å². The van der Waals surface area contributed by atoms with Gasteiger partial charge in [-0.15, -0.1) is 0 Å². The Bertz CT molecular complexity index is 304. The Labute approximate surface area is 107 Å². The topological polar surface area (TPSA) is 21.3 Å². The van der Waals surface area contributed by atoms with Gasteiger partial charge in [-0.1, -0.05) is 28.1 Å². The van der Waals surface area contributed by atoms with E-state index < -0.39 is 0 Å². The summed E-state index contributed by atoms with van der Waals surface area (Å²) in [5.74, 6) is 0. The Balaban J connectivity index is 2.27. The number of benzene rings is 1. The summed E-state index contributed by atoms with van der Waals surface area (Å²) in [6.07, 6.45) is 1.06. The van der Waals surface area contributed by atoms with Crippen LogP contribution in [0.4, 0.5) is 0 Å². The monoisotopic (exact) mass is 285 g/mol. The predicted octanol–water partition coefficient (Wildman–Crippen LogP) is 3.53. The molecule has 0 radical (unpaired) electrons. The Hall–Kier alpha value is -0.380. The lowest BCUT2D eigenvalue weighted by molar-refractivity contribution is 0.144. The zero-order valence-corrected chi connectivity index (χ0v) is 11.6. The van der Waals surface area contributed by atoms with Crippen molar-refractivity contribution in [3.63, 3.8) is 0 Å². The van der Waals surface area contributed by atoms with Gasteiger partial charge in [0.1, 0.15) is 0 Å². The van der Waals surface area contributed by atoms with Crippen LogP contribution in [0.2, 0.25) is 0 Å².